The lowest BCUT2D eigenvalue weighted by Gasteiger charge is -2.27. The number of nitrogens with one attached hydrogen (secondary N) is 10. The number of aliphatic carboxylic acids is 2. The molecule has 0 heterocycles. The maximum atomic E-state index is 14.1. The van der Waals surface area contributed by atoms with Crippen LogP contribution in [-0.2, 0) is 81.6 Å². The fraction of sp³-hybridized carbons (Fsp3) is 0.436. The van der Waals surface area contributed by atoms with Crippen molar-refractivity contribution in [2.45, 2.75) is 120 Å². The van der Waals surface area contributed by atoms with E-state index in [1.807, 2.05) is 0 Å². The highest BCUT2D eigenvalue weighted by molar-refractivity contribution is 7.80. The summed E-state index contributed by atoms with van der Waals surface area (Å²) >= 11 is 8.30. The lowest BCUT2D eigenvalue weighted by atomic mass is 10.00. The molecular weight excluding hydrogens is 1180 g/mol. The number of primary amides is 1. The molecule has 3 aromatic carbocycles. The summed E-state index contributed by atoms with van der Waals surface area (Å²) in [6.45, 7) is 2.25. The van der Waals surface area contributed by atoms with Crippen LogP contribution < -0.4 is 58.9 Å². The first-order valence-electron chi connectivity index (χ1n) is 26.8. The summed E-state index contributed by atoms with van der Waals surface area (Å²) in [6, 6.07) is 2.41. The number of aliphatic hydroxyl groups excluding tert-OH is 2. The quantitative estimate of drug-likeness (QED) is 0.0243. The molecule has 0 saturated heterocycles. The number of aromatic hydroxyl groups is 2. The largest absolute Gasteiger partial charge is 0.508 e. The molecule has 32 heteroatoms. The van der Waals surface area contributed by atoms with Gasteiger partial charge in [0.15, 0.2) is 0 Å². The number of aliphatic hydroxyl groups is 2. The predicted molar refractivity (Wildman–Crippen MR) is 314 cm³/mol. The SMILES string of the molecule is CC(=O)N[C@@H](Cc1ccccc1)C(=O)N[C@@H](CS)C(=O)N[C@@H](CO)C(=O)N[C@@H](CC(=O)O)C(=O)N[C@@H](Cc1ccc(O)cc1)C(=O)N[C@@H](CO)C(=O)N[C@@H](CS)C(=O)N[C@@H](Cc1ccc(O)cc1)C(=O)N[C@@H](CC(C)C)C(=O)N[C@@H](CC(=O)O)C(N)=O. The van der Waals surface area contributed by atoms with Crippen molar-refractivity contribution in [2.75, 3.05) is 24.7 Å². The molecule has 474 valence electrons. The second-order valence-electron chi connectivity index (χ2n) is 20.2. The smallest absolute Gasteiger partial charge is 0.305 e. The molecular formula is C55H73N11O19S2. The first-order chi connectivity index (χ1) is 41.1. The molecule has 3 rings (SSSR count). The van der Waals surface area contributed by atoms with Gasteiger partial charge in [-0.3, -0.25) is 62.3 Å². The van der Waals surface area contributed by atoms with E-state index in [1.165, 1.54) is 55.5 Å². The Morgan fingerprint density at radius 1 is 0.402 bits per heavy atom. The van der Waals surface area contributed by atoms with Crippen molar-refractivity contribution in [3.63, 3.8) is 0 Å². The summed E-state index contributed by atoms with van der Waals surface area (Å²) in [4.78, 5) is 171. The Hall–Kier alpha value is -9.01. The molecule has 18 N–H and O–H groups in total. The second-order valence-corrected chi connectivity index (χ2v) is 20.9. The molecule has 0 aromatic heterocycles. The topological polar surface area (TPSA) is 490 Å². The lowest BCUT2D eigenvalue weighted by molar-refractivity contribution is -0.142. The Labute approximate surface area is 509 Å². The summed E-state index contributed by atoms with van der Waals surface area (Å²) in [6.07, 6.45) is -2.86. The van der Waals surface area contributed by atoms with Crippen LogP contribution in [0.4, 0.5) is 0 Å². The van der Waals surface area contributed by atoms with Crippen LogP contribution in [0.2, 0.25) is 0 Å². The molecule has 87 heavy (non-hydrogen) atoms. The fourth-order valence-electron chi connectivity index (χ4n) is 8.17. The van der Waals surface area contributed by atoms with Gasteiger partial charge < -0.3 is 89.5 Å². The summed E-state index contributed by atoms with van der Waals surface area (Å²) in [5.74, 6) is -16.4. The first-order valence-corrected chi connectivity index (χ1v) is 28.1. The van der Waals surface area contributed by atoms with Crippen LogP contribution in [0, 0.1) is 5.92 Å². The van der Waals surface area contributed by atoms with Crippen LogP contribution in [-0.4, -0.2) is 193 Å². The summed E-state index contributed by atoms with van der Waals surface area (Å²) < 4.78 is 0. The number of carbonyl (C=O) groups is 13. The van der Waals surface area contributed by atoms with Crippen LogP contribution in [0.15, 0.2) is 78.9 Å². The number of phenolic OH excluding ortho intramolecular Hbond substituents is 2. The highest BCUT2D eigenvalue weighted by atomic mass is 32.1. The Balaban J connectivity index is 1.85. The minimum atomic E-state index is -2.06. The Bertz CT molecular complexity index is 2910. The second kappa shape index (κ2) is 36.1. The maximum absolute atomic E-state index is 14.1. The van der Waals surface area contributed by atoms with Crippen molar-refractivity contribution < 1.29 is 93.0 Å². The summed E-state index contributed by atoms with van der Waals surface area (Å²) in [5.41, 5.74) is 6.57. The van der Waals surface area contributed by atoms with Crippen molar-refractivity contribution in [3.8, 4) is 11.5 Å². The van der Waals surface area contributed by atoms with E-state index in [0.717, 1.165) is 0 Å². The molecule has 0 spiro atoms. The van der Waals surface area contributed by atoms with Crippen molar-refractivity contribution in [1.82, 2.24) is 53.2 Å². The molecule has 10 atom stereocenters. The van der Waals surface area contributed by atoms with E-state index in [-0.39, 0.29) is 48.0 Å². The van der Waals surface area contributed by atoms with Crippen LogP contribution in [0.3, 0.4) is 0 Å². The molecule has 0 radical (unpaired) electrons. The van der Waals surface area contributed by atoms with Gasteiger partial charge in [-0.2, -0.15) is 25.3 Å². The van der Waals surface area contributed by atoms with E-state index < -0.39 is 176 Å². The molecule has 11 amide bonds. The molecule has 0 saturated carbocycles. The van der Waals surface area contributed by atoms with E-state index >= 15 is 0 Å². The van der Waals surface area contributed by atoms with Crippen LogP contribution >= 0.6 is 25.3 Å². The average Bonchev–Trinajstić information content (AvgIpc) is 3.21. The van der Waals surface area contributed by atoms with Crippen molar-refractivity contribution in [2.24, 2.45) is 11.7 Å². The van der Waals surface area contributed by atoms with Gasteiger partial charge >= 0.3 is 11.9 Å². The predicted octanol–water partition coefficient (Wildman–Crippen LogP) is -4.68. The number of carboxylic acids is 2. The van der Waals surface area contributed by atoms with Gasteiger partial charge in [0.25, 0.3) is 0 Å². The van der Waals surface area contributed by atoms with E-state index in [1.54, 1.807) is 44.2 Å². The minimum Gasteiger partial charge on any atom is -0.508 e. The third-order valence-electron chi connectivity index (χ3n) is 12.6. The zero-order valence-corrected chi connectivity index (χ0v) is 49.2. The van der Waals surface area contributed by atoms with Crippen LogP contribution in [0.5, 0.6) is 11.5 Å². The number of hydrogen-bond acceptors (Lipinski definition) is 19. The first kappa shape index (κ1) is 72.2. The molecule has 3 aromatic rings. The average molecular weight is 1260 g/mol. The number of phenols is 2. The lowest BCUT2D eigenvalue weighted by Crippen LogP contribution is -2.62. The summed E-state index contributed by atoms with van der Waals surface area (Å²) in [5, 5.41) is 82.7. The van der Waals surface area contributed by atoms with E-state index in [4.69, 9.17) is 5.73 Å². The number of carboxylic acid groups (broad SMARTS) is 2. The number of benzene rings is 3. The highest BCUT2D eigenvalue weighted by Crippen LogP contribution is 2.15. The molecule has 0 aliphatic rings. The van der Waals surface area contributed by atoms with Crippen molar-refractivity contribution in [3.05, 3.63) is 95.6 Å². The number of carbonyl (C=O) groups excluding carboxylic acids is 11. The van der Waals surface area contributed by atoms with Crippen molar-refractivity contribution >= 4 is 102 Å². The fourth-order valence-corrected chi connectivity index (χ4v) is 8.68. The van der Waals surface area contributed by atoms with Gasteiger partial charge in [-0.15, -0.1) is 0 Å². The highest BCUT2D eigenvalue weighted by Gasteiger charge is 2.36. The Morgan fingerprint density at radius 3 is 1.05 bits per heavy atom. The zero-order chi connectivity index (χ0) is 65.1. The summed E-state index contributed by atoms with van der Waals surface area (Å²) in [7, 11) is 0. The van der Waals surface area contributed by atoms with Gasteiger partial charge in [-0.25, -0.2) is 0 Å². The number of rotatable bonds is 36. The number of hydrogen-bond donors (Lipinski definition) is 19. The van der Waals surface area contributed by atoms with E-state index in [2.05, 4.69) is 78.4 Å². The van der Waals surface area contributed by atoms with Gasteiger partial charge in [-0.05, 0) is 53.3 Å². The van der Waals surface area contributed by atoms with Gasteiger partial charge in [-0.1, -0.05) is 68.4 Å². The Morgan fingerprint density at radius 2 is 0.690 bits per heavy atom. The number of thiol groups is 2. The third kappa shape index (κ3) is 25.2. The third-order valence-corrected chi connectivity index (χ3v) is 13.4. The van der Waals surface area contributed by atoms with E-state index in [0.29, 0.717) is 11.1 Å². The standard InChI is InChI=1S/C55H73N11O19S2/c1-27(2)17-35(47(77)58-34(46(56)76)21-44(72)73)59-49(79)37(19-30-9-13-32(70)14-10-30)61-54(84)42(25-86)66-53(83)41(24-68)63-50(80)38(20-31-11-15-33(71)16-12-31)60-51(81)39(22-45(74)75)62-52(82)40(23-67)64-55(85)43(26-87)65-48(78)36(57-28(3)69)18-29-7-5-4-6-8-29/h4-16,27,34-43,67-68,70-71,86-87H,17-26H2,1-3H3,(H2,56,76)(H,57,69)(H,58,77)(H,59,79)(H,60,81)(H,61,84)(H,62,82)(H,63,80)(H,64,85)(H,65,78)(H,66,83)(H,72,73)(H,74,75)/t34-,35-,36-,37-,38-,39-,40-,41-,42-,43-/m0/s1. The van der Waals surface area contributed by atoms with Gasteiger partial charge in [0.1, 0.15) is 71.9 Å². The monoisotopic (exact) mass is 1260 g/mol. The number of amides is 11. The van der Waals surface area contributed by atoms with Gasteiger partial charge in [0.05, 0.1) is 26.1 Å². The van der Waals surface area contributed by atoms with Gasteiger partial charge in [0, 0.05) is 37.7 Å². The van der Waals surface area contributed by atoms with Crippen LogP contribution in [0.1, 0.15) is 56.7 Å². The molecule has 0 bridgehead atoms. The molecule has 30 nitrogen and oxygen atoms in total. The molecule has 0 aliphatic heterocycles. The van der Waals surface area contributed by atoms with Crippen molar-refractivity contribution in [1.29, 1.82) is 0 Å². The molecule has 0 unspecified atom stereocenters. The maximum Gasteiger partial charge on any atom is 0.305 e. The molecule has 0 fully saturated rings. The number of nitrogens with two attached hydrogens (primary N) is 1. The van der Waals surface area contributed by atoms with Crippen LogP contribution in [0.25, 0.3) is 0 Å². The van der Waals surface area contributed by atoms with E-state index in [9.17, 15) is 93.0 Å². The van der Waals surface area contributed by atoms with Gasteiger partial charge in [0.2, 0.25) is 65.0 Å². The molecule has 0 aliphatic carbocycles. The normalized spacial score (nSPS) is 14.4. The Kier molecular flexibility index (Phi) is 30.0. The zero-order valence-electron chi connectivity index (χ0n) is 47.4. The minimum absolute atomic E-state index is 0.0165.